The van der Waals surface area contributed by atoms with Gasteiger partial charge in [0.15, 0.2) is 5.13 Å². The van der Waals surface area contributed by atoms with Gasteiger partial charge in [-0.15, -0.1) is 11.3 Å². The normalized spacial score (nSPS) is 10.6. The molecule has 1 amide bonds. The highest BCUT2D eigenvalue weighted by atomic mass is 35.5. The number of aromatic nitrogens is 1. The van der Waals surface area contributed by atoms with E-state index in [1.54, 1.807) is 13.3 Å². The minimum absolute atomic E-state index is 0.116. The van der Waals surface area contributed by atoms with Crippen LogP contribution >= 0.6 is 22.9 Å². The first-order valence-corrected chi connectivity index (χ1v) is 8.06. The maximum absolute atomic E-state index is 11.7. The second-order valence-electron chi connectivity index (χ2n) is 4.62. The number of hydrogen-bond donors (Lipinski definition) is 2. The lowest BCUT2D eigenvalue weighted by atomic mass is 10.1. The van der Waals surface area contributed by atoms with Gasteiger partial charge >= 0.3 is 0 Å². The summed E-state index contributed by atoms with van der Waals surface area (Å²) in [4.78, 5) is 17.0. The summed E-state index contributed by atoms with van der Waals surface area (Å²) in [6, 6.07) is 7.71. The predicted molar refractivity (Wildman–Crippen MR) is 89.7 cm³/mol. The molecular weight excluding hydrogens is 322 g/mol. The lowest BCUT2D eigenvalue weighted by Crippen LogP contribution is -2.30. The quantitative estimate of drug-likeness (QED) is 0.726. The molecule has 2 rings (SSSR count). The molecular formula is C15H18ClN3O2S. The van der Waals surface area contributed by atoms with Crippen molar-refractivity contribution in [1.29, 1.82) is 0 Å². The molecule has 5 nitrogen and oxygen atoms in total. The number of nitrogens with zero attached hydrogens (tertiary/aromatic N) is 1. The number of carbonyl (C=O) groups is 1. The van der Waals surface area contributed by atoms with Gasteiger partial charge in [-0.3, -0.25) is 4.79 Å². The maximum atomic E-state index is 11.7. The Hall–Kier alpha value is -1.47. The van der Waals surface area contributed by atoms with Crippen molar-refractivity contribution < 1.29 is 9.53 Å². The first-order chi connectivity index (χ1) is 10.7. The molecule has 2 N–H and O–H groups in total. The van der Waals surface area contributed by atoms with Crippen LogP contribution in [0.15, 0.2) is 30.5 Å². The second kappa shape index (κ2) is 8.85. The van der Waals surface area contributed by atoms with Gasteiger partial charge in [-0.05, 0) is 11.6 Å². The van der Waals surface area contributed by atoms with Crippen LogP contribution in [0, 0.1) is 0 Å². The first-order valence-electron chi connectivity index (χ1n) is 6.86. The minimum atomic E-state index is -0.116. The fourth-order valence-corrected chi connectivity index (χ4v) is 2.87. The van der Waals surface area contributed by atoms with Gasteiger partial charge in [0.1, 0.15) is 0 Å². The highest BCUT2D eigenvalue weighted by Gasteiger charge is 2.08. The molecule has 0 bridgehead atoms. The Morgan fingerprint density at radius 3 is 3.00 bits per heavy atom. The second-order valence-corrected chi connectivity index (χ2v) is 6.14. The Bertz CT molecular complexity index is 618. The Kier molecular flexibility index (Phi) is 6.79. The predicted octanol–water partition coefficient (Wildman–Crippen LogP) is 2.56. The molecule has 0 aliphatic heterocycles. The topological polar surface area (TPSA) is 63.2 Å². The van der Waals surface area contributed by atoms with Crippen LogP contribution in [0.3, 0.4) is 0 Å². The number of methoxy groups -OCH3 is 1. The van der Waals surface area contributed by atoms with Crippen molar-refractivity contribution in [2.75, 3.05) is 32.1 Å². The molecule has 0 unspecified atom stereocenters. The molecule has 0 saturated carbocycles. The van der Waals surface area contributed by atoms with E-state index < -0.39 is 0 Å². The summed E-state index contributed by atoms with van der Waals surface area (Å²) in [5, 5.41) is 7.09. The van der Waals surface area contributed by atoms with Crippen LogP contribution in [-0.2, 0) is 16.0 Å². The molecule has 0 fully saturated rings. The standard InChI is InChI=1S/C15H18ClN3O2S/c1-21-7-6-17-10-14(20)19-15-18-9-12(22-15)8-11-4-2-3-5-13(11)16/h2-5,9,17H,6-8,10H2,1H3,(H,18,19,20). The number of benzene rings is 1. The van der Waals surface area contributed by atoms with E-state index in [1.807, 2.05) is 24.3 Å². The van der Waals surface area contributed by atoms with Gasteiger partial charge in [-0.2, -0.15) is 0 Å². The third kappa shape index (κ3) is 5.38. The zero-order valence-electron chi connectivity index (χ0n) is 12.3. The van der Waals surface area contributed by atoms with Gasteiger partial charge in [0, 0.05) is 36.2 Å². The van der Waals surface area contributed by atoms with Crippen molar-refractivity contribution in [3.63, 3.8) is 0 Å². The summed E-state index contributed by atoms with van der Waals surface area (Å²) in [6.45, 7) is 1.45. The van der Waals surface area contributed by atoms with Crippen LogP contribution in [0.4, 0.5) is 5.13 Å². The van der Waals surface area contributed by atoms with Crippen molar-refractivity contribution >= 4 is 34.0 Å². The number of amides is 1. The van der Waals surface area contributed by atoms with E-state index in [0.717, 1.165) is 15.5 Å². The molecule has 118 valence electrons. The average molecular weight is 340 g/mol. The fraction of sp³-hybridized carbons (Fsp3) is 0.333. The first kappa shape index (κ1) is 16.9. The van der Waals surface area contributed by atoms with E-state index in [2.05, 4.69) is 15.6 Å². The Morgan fingerprint density at radius 2 is 2.23 bits per heavy atom. The summed E-state index contributed by atoms with van der Waals surface area (Å²) >= 11 is 7.60. The van der Waals surface area contributed by atoms with Gasteiger partial charge in [-0.1, -0.05) is 29.8 Å². The highest BCUT2D eigenvalue weighted by molar-refractivity contribution is 7.15. The van der Waals surface area contributed by atoms with Crippen molar-refractivity contribution in [2.24, 2.45) is 0 Å². The van der Waals surface area contributed by atoms with Crippen molar-refractivity contribution in [2.45, 2.75) is 6.42 Å². The summed E-state index contributed by atoms with van der Waals surface area (Å²) in [6.07, 6.45) is 2.47. The van der Waals surface area contributed by atoms with Crippen molar-refractivity contribution in [3.05, 3.63) is 45.9 Å². The van der Waals surface area contributed by atoms with Crippen LogP contribution in [0.1, 0.15) is 10.4 Å². The van der Waals surface area contributed by atoms with Gasteiger partial charge in [0.25, 0.3) is 0 Å². The van der Waals surface area contributed by atoms with E-state index in [0.29, 0.717) is 24.7 Å². The van der Waals surface area contributed by atoms with E-state index in [1.165, 1.54) is 11.3 Å². The highest BCUT2D eigenvalue weighted by Crippen LogP contribution is 2.24. The molecule has 2 aromatic rings. The number of hydrogen-bond acceptors (Lipinski definition) is 5. The third-order valence-corrected chi connectivity index (χ3v) is 4.17. The maximum Gasteiger partial charge on any atom is 0.240 e. The number of halogens is 1. The largest absolute Gasteiger partial charge is 0.383 e. The van der Waals surface area contributed by atoms with E-state index >= 15 is 0 Å². The van der Waals surface area contributed by atoms with Crippen LogP contribution < -0.4 is 10.6 Å². The van der Waals surface area contributed by atoms with Crippen LogP contribution in [0.25, 0.3) is 0 Å². The van der Waals surface area contributed by atoms with E-state index in [9.17, 15) is 4.79 Å². The summed E-state index contributed by atoms with van der Waals surface area (Å²) in [5.41, 5.74) is 1.05. The lowest BCUT2D eigenvalue weighted by Gasteiger charge is -2.03. The zero-order valence-corrected chi connectivity index (χ0v) is 13.8. The fourth-order valence-electron chi connectivity index (χ4n) is 1.82. The minimum Gasteiger partial charge on any atom is -0.383 e. The SMILES string of the molecule is COCCNCC(=O)Nc1ncc(Cc2ccccc2Cl)s1. The van der Waals surface area contributed by atoms with Gasteiger partial charge in [0.2, 0.25) is 5.91 Å². The monoisotopic (exact) mass is 339 g/mol. The van der Waals surface area contributed by atoms with Gasteiger partial charge in [0.05, 0.1) is 13.2 Å². The number of carbonyl (C=O) groups excluding carboxylic acids is 1. The Balaban J connectivity index is 1.84. The van der Waals surface area contributed by atoms with Crippen LogP contribution in [-0.4, -0.2) is 37.7 Å². The molecule has 0 spiro atoms. The average Bonchev–Trinajstić information content (AvgIpc) is 2.93. The van der Waals surface area contributed by atoms with Crippen molar-refractivity contribution in [3.8, 4) is 0 Å². The van der Waals surface area contributed by atoms with Crippen LogP contribution in [0.2, 0.25) is 5.02 Å². The molecule has 0 aliphatic carbocycles. The lowest BCUT2D eigenvalue weighted by molar-refractivity contribution is -0.115. The third-order valence-electron chi connectivity index (χ3n) is 2.89. The number of ether oxygens (including phenoxy) is 1. The number of thiazole rings is 1. The summed E-state index contributed by atoms with van der Waals surface area (Å²) in [5.74, 6) is -0.116. The summed E-state index contributed by atoms with van der Waals surface area (Å²) in [7, 11) is 1.62. The zero-order chi connectivity index (χ0) is 15.8. The smallest absolute Gasteiger partial charge is 0.240 e. The van der Waals surface area contributed by atoms with Crippen LogP contribution in [0.5, 0.6) is 0 Å². The molecule has 0 saturated heterocycles. The molecule has 0 aliphatic rings. The summed E-state index contributed by atoms with van der Waals surface area (Å²) < 4.78 is 4.90. The number of nitrogens with one attached hydrogen (secondary N) is 2. The molecule has 0 atom stereocenters. The molecule has 1 aromatic carbocycles. The Morgan fingerprint density at radius 1 is 1.41 bits per heavy atom. The Labute approximate surface area is 138 Å². The number of rotatable bonds is 8. The molecule has 22 heavy (non-hydrogen) atoms. The van der Waals surface area contributed by atoms with Gasteiger partial charge < -0.3 is 15.4 Å². The molecule has 7 heteroatoms. The van der Waals surface area contributed by atoms with E-state index in [-0.39, 0.29) is 12.5 Å². The molecule has 1 aromatic heterocycles. The molecule has 0 radical (unpaired) electrons. The van der Waals surface area contributed by atoms with Gasteiger partial charge in [-0.25, -0.2) is 4.98 Å². The van der Waals surface area contributed by atoms with Crippen molar-refractivity contribution in [1.82, 2.24) is 10.3 Å². The number of anilines is 1. The van der Waals surface area contributed by atoms with E-state index in [4.69, 9.17) is 16.3 Å². The molecule has 1 heterocycles.